The fourth-order valence-corrected chi connectivity index (χ4v) is 1.88. The van der Waals surface area contributed by atoms with Crippen LogP contribution in [-0.2, 0) is 17.8 Å². The molecular weight excluding hydrogens is 252 g/mol. The van der Waals surface area contributed by atoms with Gasteiger partial charge in [0.25, 0.3) is 0 Å². The van der Waals surface area contributed by atoms with E-state index in [1.807, 2.05) is 43.3 Å². The van der Waals surface area contributed by atoms with Crippen LogP contribution in [0.3, 0.4) is 0 Å². The lowest BCUT2D eigenvalue weighted by Gasteiger charge is -2.07. The average Bonchev–Trinajstić information content (AvgIpc) is 2.47. The summed E-state index contributed by atoms with van der Waals surface area (Å²) in [6, 6.07) is 11.4. The first kappa shape index (κ1) is 14.1. The molecule has 0 radical (unpaired) electrons. The van der Waals surface area contributed by atoms with Crippen molar-refractivity contribution in [3.05, 3.63) is 59.4 Å². The van der Waals surface area contributed by atoms with Crippen molar-refractivity contribution < 1.29 is 9.53 Å². The predicted molar refractivity (Wildman–Crippen MR) is 77.5 cm³/mol. The number of carbonyl (C=O) groups is 1. The van der Waals surface area contributed by atoms with E-state index in [2.05, 4.69) is 10.3 Å². The van der Waals surface area contributed by atoms with Gasteiger partial charge in [0.15, 0.2) is 0 Å². The molecule has 0 saturated heterocycles. The minimum atomic E-state index is -0.0137. The molecule has 0 fully saturated rings. The van der Waals surface area contributed by atoms with Gasteiger partial charge in [-0.05, 0) is 36.2 Å². The number of amides is 1. The molecule has 4 heteroatoms. The maximum atomic E-state index is 11.9. The van der Waals surface area contributed by atoms with Gasteiger partial charge in [-0.1, -0.05) is 18.2 Å². The molecule has 1 aromatic carbocycles. The number of aromatic nitrogens is 1. The summed E-state index contributed by atoms with van der Waals surface area (Å²) in [5, 5.41) is 2.88. The lowest BCUT2D eigenvalue weighted by atomic mass is 10.1. The maximum absolute atomic E-state index is 11.9. The van der Waals surface area contributed by atoms with Crippen LogP contribution < -0.4 is 10.1 Å². The van der Waals surface area contributed by atoms with Crippen LogP contribution in [-0.4, -0.2) is 18.0 Å². The summed E-state index contributed by atoms with van der Waals surface area (Å²) >= 11 is 0. The number of nitrogens with zero attached hydrogens (tertiary/aromatic N) is 1. The molecule has 0 unspecified atom stereocenters. The SMILES string of the molecule is COc1ccc(CC(=O)NCc2ncccc2C)cc1. The van der Waals surface area contributed by atoms with Gasteiger partial charge in [-0.2, -0.15) is 0 Å². The lowest BCUT2D eigenvalue weighted by molar-refractivity contribution is -0.120. The van der Waals surface area contributed by atoms with Crippen LogP contribution in [0.4, 0.5) is 0 Å². The molecule has 104 valence electrons. The molecule has 0 aliphatic heterocycles. The van der Waals surface area contributed by atoms with Crippen LogP contribution in [0.25, 0.3) is 0 Å². The summed E-state index contributed by atoms with van der Waals surface area (Å²) in [6.07, 6.45) is 2.09. The molecule has 0 saturated carbocycles. The molecule has 1 heterocycles. The first-order valence-electron chi connectivity index (χ1n) is 6.49. The molecule has 2 rings (SSSR count). The van der Waals surface area contributed by atoms with Crippen LogP contribution in [0, 0.1) is 6.92 Å². The second-order valence-electron chi connectivity index (χ2n) is 4.57. The minimum absolute atomic E-state index is 0.0137. The Morgan fingerprint density at radius 1 is 1.25 bits per heavy atom. The minimum Gasteiger partial charge on any atom is -0.497 e. The zero-order chi connectivity index (χ0) is 14.4. The quantitative estimate of drug-likeness (QED) is 0.906. The van der Waals surface area contributed by atoms with Crippen molar-refractivity contribution in [2.75, 3.05) is 7.11 Å². The van der Waals surface area contributed by atoms with Gasteiger partial charge in [0, 0.05) is 6.20 Å². The molecular formula is C16H18N2O2. The molecule has 1 N–H and O–H groups in total. The number of benzene rings is 1. The van der Waals surface area contributed by atoms with E-state index in [4.69, 9.17) is 4.74 Å². The number of aryl methyl sites for hydroxylation is 1. The average molecular weight is 270 g/mol. The standard InChI is InChI=1S/C16H18N2O2/c1-12-4-3-9-17-15(12)11-18-16(19)10-13-5-7-14(20-2)8-6-13/h3-9H,10-11H2,1-2H3,(H,18,19). The largest absolute Gasteiger partial charge is 0.497 e. The summed E-state index contributed by atoms with van der Waals surface area (Å²) in [7, 11) is 1.62. The highest BCUT2D eigenvalue weighted by atomic mass is 16.5. The van der Waals surface area contributed by atoms with Gasteiger partial charge in [-0.25, -0.2) is 0 Å². The van der Waals surface area contributed by atoms with E-state index < -0.39 is 0 Å². The van der Waals surface area contributed by atoms with Crippen molar-refractivity contribution >= 4 is 5.91 Å². The van der Waals surface area contributed by atoms with Gasteiger partial charge in [-0.3, -0.25) is 9.78 Å². The van der Waals surface area contributed by atoms with Gasteiger partial charge in [0.1, 0.15) is 5.75 Å². The highest BCUT2D eigenvalue weighted by molar-refractivity contribution is 5.78. The van der Waals surface area contributed by atoms with Gasteiger partial charge < -0.3 is 10.1 Å². The number of ether oxygens (including phenoxy) is 1. The number of hydrogen-bond donors (Lipinski definition) is 1. The molecule has 0 aliphatic carbocycles. The Hall–Kier alpha value is -2.36. The normalized spacial score (nSPS) is 10.1. The Kier molecular flexibility index (Phi) is 4.71. The third-order valence-electron chi connectivity index (χ3n) is 3.09. The van der Waals surface area contributed by atoms with E-state index in [0.29, 0.717) is 13.0 Å². The summed E-state index contributed by atoms with van der Waals surface area (Å²) in [5.41, 5.74) is 2.94. The second kappa shape index (κ2) is 6.70. The smallest absolute Gasteiger partial charge is 0.224 e. The molecule has 20 heavy (non-hydrogen) atoms. The van der Waals surface area contributed by atoms with Crippen molar-refractivity contribution in [1.82, 2.24) is 10.3 Å². The van der Waals surface area contributed by atoms with E-state index in [1.165, 1.54) is 0 Å². The highest BCUT2D eigenvalue weighted by Crippen LogP contribution is 2.11. The zero-order valence-electron chi connectivity index (χ0n) is 11.7. The fourth-order valence-electron chi connectivity index (χ4n) is 1.88. The van der Waals surface area contributed by atoms with Crippen LogP contribution in [0.15, 0.2) is 42.6 Å². The van der Waals surface area contributed by atoms with Gasteiger partial charge in [-0.15, -0.1) is 0 Å². The molecule has 0 atom stereocenters. The number of pyridine rings is 1. The van der Waals surface area contributed by atoms with E-state index in [-0.39, 0.29) is 5.91 Å². The van der Waals surface area contributed by atoms with E-state index in [9.17, 15) is 4.79 Å². The summed E-state index contributed by atoms with van der Waals surface area (Å²) < 4.78 is 5.08. The van der Waals surface area contributed by atoms with E-state index >= 15 is 0 Å². The van der Waals surface area contributed by atoms with Crippen molar-refractivity contribution in [2.45, 2.75) is 19.9 Å². The Morgan fingerprint density at radius 3 is 2.65 bits per heavy atom. The summed E-state index contributed by atoms with van der Waals surface area (Å²) in [6.45, 7) is 2.44. The summed E-state index contributed by atoms with van der Waals surface area (Å²) in [5.74, 6) is 0.776. The van der Waals surface area contributed by atoms with Crippen molar-refractivity contribution in [3.63, 3.8) is 0 Å². The van der Waals surface area contributed by atoms with Crippen LogP contribution in [0.2, 0.25) is 0 Å². The topological polar surface area (TPSA) is 51.2 Å². The Labute approximate surface area is 118 Å². The second-order valence-corrected chi connectivity index (χ2v) is 4.57. The molecule has 1 aromatic heterocycles. The molecule has 4 nitrogen and oxygen atoms in total. The van der Waals surface area contributed by atoms with Gasteiger partial charge in [0.2, 0.25) is 5.91 Å². The van der Waals surface area contributed by atoms with Crippen LogP contribution >= 0.6 is 0 Å². The maximum Gasteiger partial charge on any atom is 0.224 e. The monoisotopic (exact) mass is 270 g/mol. The summed E-state index contributed by atoms with van der Waals surface area (Å²) in [4.78, 5) is 16.1. The van der Waals surface area contributed by atoms with Gasteiger partial charge >= 0.3 is 0 Å². The van der Waals surface area contributed by atoms with Gasteiger partial charge in [0.05, 0.1) is 25.8 Å². The predicted octanol–water partition coefficient (Wildman–Crippen LogP) is 2.26. The first-order chi connectivity index (χ1) is 9.69. The van der Waals surface area contributed by atoms with Crippen molar-refractivity contribution in [1.29, 1.82) is 0 Å². The number of hydrogen-bond acceptors (Lipinski definition) is 3. The third-order valence-corrected chi connectivity index (χ3v) is 3.09. The highest BCUT2D eigenvalue weighted by Gasteiger charge is 2.05. The van der Waals surface area contributed by atoms with Crippen LogP contribution in [0.1, 0.15) is 16.8 Å². The molecule has 1 amide bonds. The number of rotatable bonds is 5. The Morgan fingerprint density at radius 2 is 2.00 bits per heavy atom. The van der Waals surface area contributed by atoms with Crippen molar-refractivity contribution in [2.24, 2.45) is 0 Å². The Bertz CT molecular complexity index is 579. The lowest BCUT2D eigenvalue weighted by Crippen LogP contribution is -2.25. The fraction of sp³-hybridized carbons (Fsp3) is 0.250. The van der Waals surface area contributed by atoms with Crippen molar-refractivity contribution in [3.8, 4) is 5.75 Å². The first-order valence-corrected chi connectivity index (χ1v) is 6.49. The molecule has 0 bridgehead atoms. The van der Waals surface area contributed by atoms with Crippen LogP contribution in [0.5, 0.6) is 5.75 Å². The number of carbonyl (C=O) groups excluding carboxylic acids is 1. The zero-order valence-corrected chi connectivity index (χ0v) is 11.7. The number of methoxy groups -OCH3 is 1. The molecule has 0 aliphatic rings. The van der Waals surface area contributed by atoms with E-state index in [1.54, 1.807) is 13.3 Å². The van der Waals surface area contributed by atoms with E-state index in [0.717, 1.165) is 22.6 Å². The molecule has 2 aromatic rings. The third kappa shape index (κ3) is 3.82. The Balaban J connectivity index is 1.87. The number of nitrogens with one attached hydrogen (secondary N) is 1. The molecule has 0 spiro atoms.